The summed E-state index contributed by atoms with van der Waals surface area (Å²) in [5.74, 6) is -0.313. The van der Waals surface area contributed by atoms with Crippen LogP contribution in [0.5, 0.6) is 0 Å². The van der Waals surface area contributed by atoms with Crippen LogP contribution >= 0.6 is 12.6 Å². The zero-order valence-corrected chi connectivity index (χ0v) is 6.47. The van der Waals surface area contributed by atoms with Crippen LogP contribution in [-0.2, 0) is 4.79 Å². The fourth-order valence-electron chi connectivity index (χ4n) is 0.549. The summed E-state index contributed by atoms with van der Waals surface area (Å²) in [5.41, 5.74) is 0. The van der Waals surface area contributed by atoms with Crippen LogP contribution in [0.2, 0.25) is 0 Å². The Morgan fingerprint density at radius 3 is 2.80 bits per heavy atom. The molecule has 0 bridgehead atoms. The van der Waals surface area contributed by atoms with Crippen molar-refractivity contribution in [2.75, 3.05) is 5.75 Å². The molecule has 0 rings (SSSR count). The summed E-state index contributed by atoms with van der Waals surface area (Å²) < 4.78 is 0. The quantitative estimate of drug-likeness (QED) is 0.514. The van der Waals surface area contributed by atoms with Crippen LogP contribution in [-0.4, -0.2) is 22.9 Å². The van der Waals surface area contributed by atoms with Gasteiger partial charge in [-0.2, -0.15) is 12.6 Å². The van der Waals surface area contributed by atoms with Crippen molar-refractivity contribution in [1.82, 2.24) is 5.32 Å². The molecule has 0 fully saturated rings. The van der Waals surface area contributed by atoms with Crippen molar-refractivity contribution >= 4 is 18.6 Å². The highest BCUT2D eigenvalue weighted by Gasteiger charge is 2.12. The van der Waals surface area contributed by atoms with Gasteiger partial charge in [0.15, 0.2) is 0 Å². The first-order chi connectivity index (χ1) is 4.72. The zero-order valence-electron chi connectivity index (χ0n) is 5.58. The summed E-state index contributed by atoms with van der Waals surface area (Å²) in [6, 6.07) is -0.546. The van der Waals surface area contributed by atoms with Crippen molar-refractivity contribution in [3.8, 4) is 0 Å². The molecule has 0 aliphatic rings. The van der Waals surface area contributed by atoms with E-state index in [0.29, 0.717) is 12.2 Å². The molecular formula is C6H11NO2S. The predicted octanol–water partition coefficient (Wildman–Crippen LogP) is 0.493. The summed E-state index contributed by atoms with van der Waals surface area (Å²) in [5, 5.41) is 11.1. The molecule has 0 amide bonds. The molecule has 10 heavy (non-hydrogen) atoms. The Bertz CT molecular complexity index is 127. The SMILES string of the molecule is C=CNC(CCS)C(=O)O. The van der Waals surface area contributed by atoms with E-state index in [1.807, 2.05) is 0 Å². The normalized spacial score (nSPS) is 12.1. The van der Waals surface area contributed by atoms with E-state index in [-0.39, 0.29) is 0 Å². The van der Waals surface area contributed by atoms with Crippen LogP contribution in [0.1, 0.15) is 6.42 Å². The Morgan fingerprint density at radius 1 is 1.90 bits per heavy atom. The molecule has 0 aliphatic heterocycles. The van der Waals surface area contributed by atoms with E-state index in [0.717, 1.165) is 0 Å². The van der Waals surface area contributed by atoms with Crippen LogP contribution in [0.4, 0.5) is 0 Å². The van der Waals surface area contributed by atoms with Crippen LogP contribution in [0.15, 0.2) is 12.8 Å². The summed E-state index contributed by atoms with van der Waals surface area (Å²) in [7, 11) is 0. The topological polar surface area (TPSA) is 49.3 Å². The highest BCUT2D eigenvalue weighted by Crippen LogP contribution is 1.93. The lowest BCUT2D eigenvalue weighted by Gasteiger charge is -2.09. The van der Waals surface area contributed by atoms with Gasteiger partial charge >= 0.3 is 5.97 Å². The van der Waals surface area contributed by atoms with E-state index in [2.05, 4.69) is 24.5 Å². The van der Waals surface area contributed by atoms with E-state index < -0.39 is 12.0 Å². The number of carboxylic acids is 1. The largest absolute Gasteiger partial charge is 0.480 e. The van der Waals surface area contributed by atoms with Gasteiger partial charge in [0.1, 0.15) is 6.04 Å². The fourth-order valence-corrected chi connectivity index (χ4v) is 0.808. The molecule has 0 saturated heterocycles. The van der Waals surface area contributed by atoms with Crippen molar-refractivity contribution in [3.63, 3.8) is 0 Å². The van der Waals surface area contributed by atoms with E-state index in [9.17, 15) is 4.79 Å². The molecule has 0 aromatic carbocycles. The Hall–Kier alpha value is -0.640. The number of thiol groups is 1. The second-order valence-electron chi connectivity index (χ2n) is 1.77. The lowest BCUT2D eigenvalue weighted by atomic mass is 10.2. The minimum absolute atomic E-state index is 0.504. The molecule has 4 heteroatoms. The number of hydrogen-bond acceptors (Lipinski definition) is 3. The Balaban J connectivity index is 3.71. The zero-order chi connectivity index (χ0) is 7.98. The molecule has 0 aromatic rings. The molecule has 0 aliphatic carbocycles. The summed E-state index contributed by atoms with van der Waals surface area (Å²) in [6.07, 6.45) is 1.88. The van der Waals surface area contributed by atoms with Gasteiger partial charge in [0, 0.05) is 0 Å². The molecule has 2 N–H and O–H groups in total. The molecule has 0 radical (unpaired) electrons. The number of carboxylic acid groups (broad SMARTS) is 1. The third-order valence-corrected chi connectivity index (χ3v) is 1.29. The minimum atomic E-state index is -0.867. The second-order valence-corrected chi connectivity index (χ2v) is 2.22. The van der Waals surface area contributed by atoms with Gasteiger partial charge in [-0.3, -0.25) is 0 Å². The van der Waals surface area contributed by atoms with E-state index in [1.54, 1.807) is 0 Å². The first-order valence-electron chi connectivity index (χ1n) is 2.93. The third kappa shape index (κ3) is 3.40. The van der Waals surface area contributed by atoms with Crippen molar-refractivity contribution in [1.29, 1.82) is 0 Å². The third-order valence-electron chi connectivity index (χ3n) is 1.03. The first-order valence-corrected chi connectivity index (χ1v) is 3.56. The van der Waals surface area contributed by atoms with Gasteiger partial charge < -0.3 is 10.4 Å². The predicted molar refractivity (Wildman–Crippen MR) is 43.2 cm³/mol. The van der Waals surface area contributed by atoms with E-state index >= 15 is 0 Å². The Kier molecular flexibility index (Phi) is 4.84. The van der Waals surface area contributed by atoms with Gasteiger partial charge in [-0.05, 0) is 18.4 Å². The number of rotatable bonds is 5. The van der Waals surface area contributed by atoms with Gasteiger partial charge in [0.25, 0.3) is 0 Å². The second kappa shape index (κ2) is 5.17. The molecule has 58 valence electrons. The number of hydrogen-bond donors (Lipinski definition) is 3. The van der Waals surface area contributed by atoms with Gasteiger partial charge in [0.05, 0.1) is 0 Å². The molecular weight excluding hydrogens is 150 g/mol. The van der Waals surface area contributed by atoms with Gasteiger partial charge in [0.2, 0.25) is 0 Å². The van der Waals surface area contributed by atoms with Gasteiger partial charge in [-0.15, -0.1) is 0 Å². The van der Waals surface area contributed by atoms with Crippen LogP contribution in [0.25, 0.3) is 0 Å². The van der Waals surface area contributed by atoms with Crippen molar-refractivity contribution in [3.05, 3.63) is 12.8 Å². The summed E-state index contributed by atoms with van der Waals surface area (Å²) in [6.45, 7) is 3.37. The van der Waals surface area contributed by atoms with Crippen LogP contribution in [0.3, 0.4) is 0 Å². The number of nitrogens with one attached hydrogen (secondary N) is 1. The first kappa shape index (κ1) is 9.36. The molecule has 1 unspecified atom stereocenters. The van der Waals surface area contributed by atoms with Crippen LogP contribution < -0.4 is 5.32 Å². The average Bonchev–Trinajstić information content (AvgIpc) is 1.87. The lowest BCUT2D eigenvalue weighted by molar-refractivity contribution is -0.139. The Morgan fingerprint density at radius 2 is 2.50 bits per heavy atom. The van der Waals surface area contributed by atoms with E-state index in [4.69, 9.17) is 5.11 Å². The monoisotopic (exact) mass is 161 g/mol. The maximum absolute atomic E-state index is 10.3. The maximum Gasteiger partial charge on any atom is 0.326 e. The minimum Gasteiger partial charge on any atom is -0.480 e. The highest BCUT2D eigenvalue weighted by atomic mass is 32.1. The fraction of sp³-hybridized carbons (Fsp3) is 0.500. The van der Waals surface area contributed by atoms with Crippen molar-refractivity contribution in [2.45, 2.75) is 12.5 Å². The number of aliphatic carboxylic acids is 1. The summed E-state index contributed by atoms with van der Waals surface area (Å²) in [4.78, 5) is 10.3. The summed E-state index contributed by atoms with van der Waals surface area (Å²) >= 11 is 3.91. The average molecular weight is 161 g/mol. The van der Waals surface area contributed by atoms with Crippen LogP contribution in [0, 0.1) is 0 Å². The van der Waals surface area contributed by atoms with Gasteiger partial charge in [-0.1, -0.05) is 6.58 Å². The van der Waals surface area contributed by atoms with E-state index in [1.165, 1.54) is 6.20 Å². The van der Waals surface area contributed by atoms with Gasteiger partial charge in [-0.25, -0.2) is 4.79 Å². The molecule has 0 spiro atoms. The standard InChI is InChI=1S/C6H11NO2S/c1-2-7-5(3-4-10)6(8)9/h2,5,7,10H,1,3-4H2,(H,8,9). The molecule has 0 saturated carbocycles. The lowest BCUT2D eigenvalue weighted by Crippen LogP contribution is -2.33. The molecule has 1 atom stereocenters. The molecule has 0 aromatic heterocycles. The molecule has 0 heterocycles. The molecule has 3 nitrogen and oxygen atoms in total. The van der Waals surface area contributed by atoms with Crippen molar-refractivity contribution < 1.29 is 9.90 Å². The maximum atomic E-state index is 10.3. The smallest absolute Gasteiger partial charge is 0.326 e. The number of carbonyl (C=O) groups is 1. The van der Waals surface area contributed by atoms with Crippen molar-refractivity contribution in [2.24, 2.45) is 0 Å². The Labute approximate surface area is 65.5 Å². The highest BCUT2D eigenvalue weighted by molar-refractivity contribution is 7.80.